The van der Waals surface area contributed by atoms with Crippen molar-refractivity contribution in [3.05, 3.63) is 0 Å². The Morgan fingerprint density at radius 2 is 1.83 bits per heavy atom. The summed E-state index contributed by atoms with van der Waals surface area (Å²) >= 11 is 0. The Bertz CT molecular complexity index is 640. The van der Waals surface area contributed by atoms with Crippen LogP contribution < -0.4 is 0 Å². The number of oxime groups is 1. The molecule has 2 N–H and O–H groups in total. The van der Waals surface area contributed by atoms with Gasteiger partial charge in [0.25, 0.3) is 0 Å². The fourth-order valence-electron chi connectivity index (χ4n) is 8.19. The van der Waals surface area contributed by atoms with E-state index in [0.717, 1.165) is 57.9 Å². The van der Waals surface area contributed by atoms with Crippen molar-refractivity contribution >= 4 is 6.21 Å². The standard InChI is InChI=1S/C25H44N2O3/c1-23-11-8-20(28)17-19(23)5-6-22-21(23)9-12-24(2)18(7-13-25(22,24)29)10-14-26-30-16-15-27(3)4/h14,18-22,28-29H,5-13,15-17H2,1-4H3/t18-,19-,20+,21+,22-,23+,24-,25+/m1/s1. The molecule has 4 rings (SSSR count). The van der Waals surface area contributed by atoms with Crippen LogP contribution in [0.15, 0.2) is 5.16 Å². The molecule has 30 heavy (non-hydrogen) atoms. The van der Waals surface area contributed by atoms with Crippen LogP contribution in [-0.4, -0.2) is 60.3 Å². The molecular formula is C25H44N2O3. The first-order valence-electron chi connectivity index (χ1n) is 12.4. The molecule has 0 bridgehead atoms. The van der Waals surface area contributed by atoms with E-state index < -0.39 is 5.60 Å². The molecule has 4 fully saturated rings. The van der Waals surface area contributed by atoms with E-state index in [9.17, 15) is 10.2 Å². The number of rotatable bonds is 6. The molecule has 0 spiro atoms. The zero-order chi connectivity index (χ0) is 21.6. The summed E-state index contributed by atoms with van der Waals surface area (Å²) in [5.74, 6) is 2.16. The van der Waals surface area contributed by atoms with E-state index in [2.05, 4.69) is 23.9 Å². The van der Waals surface area contributed by atoms with Crippen LogP contribution in [0, 0.1) is 34.5 Å². The molecular weight excluding hydrogens is 376 g/mol. The Morgan fingerprint density at radius 3 is 2.60 bits per heavy atom. The van der Waals surface area contributed by atoms with Gasteiger partial charge < -0.3 is 20.0 Å². The number of nitrogens with zero attached hydrogens (tertiary/aromatic N) is 2. The van der Waals surface area contributed by atoms with Crippen molar-refractivity contribution in [2.75, 3.05) is 27.2 Å². The van der Waals surface area contributed by atoms with Crippen LogP contribution in [0.1, 0.15) is 78.1 Å². The van der Waals surface area contributed by atoms with Crippen LogP contribution in [-0.2, 0) is 4.84 Å². The molecule has 8 atom stereocenters. The largest absolute Gasteiger partial charge is 0.395 e. The summed E-state index contributed by atoms with van der Waals surface area (Å²) in [6.07, 6.45) is 12.5. The second-order valence-corrected chi connectivity index (χ2v) is 11.7. The second-order valence-electron chi connectivity index (χ2n) is 11.7. The van der Waals surface area contributed by atoms with Gasteiger partial charge in [0.05, 0.1) is 11.7 Å². The first-order valence-corrected chi connectivity index (χ1v) is 12.4. The number of aliphatic hydroxyl groups is 2. The summed E-state index contributed by atoms with van der Waals surface area (Å²) in [6, 6.07) is 0. The van der Waals surface area contributed by atoms with Crippen LogP contribution in [0.2, 0.25) is 0 Å². The minimum Gasteiger partial charge on any atom is -0.395 e. The average molecular weight is 421 g/mol. The monoisotopic (exact) mass is 420 g/mol. The molecule has 0 amide bonds. The summed E-state index contributed by atoms with van der Waals surface area (Å²) in [5.41, 5.74) is -0.246. The predicted molar refractivity (Wildman–Crippen MR) is 120 cm³/mol. The Morgan fingerprint density at radius 1 is 1.03 bits per heavy atom. The highest BCUT2D eigenvalue weighted by atomic mass is 16.6. The van der Waals surface area contributed by atoms with Crippen LogP contribution in [0.5, 0.6) is 0 Å². The first-order chi connectivity index (χ1) is 14.2. The molecule has 0 aromatic heterocycles. The fourth-order valence-corrected chi connectivity index (χ4v) is 8.19. The molecule has 5 heteroatoms. The molecule has 0 aromatic carbocycles. The van der Waals surface area contributed by atoms with Crippen molar-refractivity contribution in [1.82, 2.24) is 4.90 Å². The maximum absolute atomic E-state index is 12.2. The summed E-state index contributed by atoms with van der Waals surface area (Å²) in [5, 5.41) is 26.6. The van der Waals surface area contributed by atoms with Crippen molar-refractivity contribution in [1.29, 1.82) is 0 Å². The molecule has 0 aromatic rings. The number of fused-ring (bicyclic) bond motifs is 5. The van der Waals surface area contributed by atoms with Crippen molar-refractivity contribution in [2.45, 2.75) is 89.8 Å². The van der Waals surface area contributed by atoms with Crippen LogP contribution in [0.4, 0.5) is 0 Å². The molecule has 4 saturated carbocycles. The van der Waals surface area contributed by atoms with Crippen molar-refractivity contribution in [2.24, 2.45) is 39.7 Å². The summed E-state index contributed by atoms with van der Waals surface area (Å²) in [4.78, 5) is 7.50. The van der Waals surface area contributed by atoms with Crippen molar-refractivity contribution in [3.8, 4) is 0 Å². The van der Waals surface area contributed by atoms with Gasteiger partial charge in [0, 0.05) is 12.8 Å². The maximum atomic E-state index is 12.2. The topological polar surface area (TPSA) is 65.3 Å². The zero-order valence-electron chi connectivity index (χ0n) is 19.6. The van der Waals surface area contributed by atoms with E-state index in [1.165, 1.54) is 12.8 Å². The number of hydrogen-bond acceptors (Lipinski definition) is 5. The molecule has 5 nitrogen and oxygen atoms in total. The van der Waals surface area contributed by atoms with E-state index in [4.69, 9.17) is 4.84 Å². The van der Waals surface area contributed by atoms with Gasteiger partial charge in [-0.3, -0.25) is 0 Å². The third-order valence-electron chi connectivity index (χ3n) is 10.2. The van der Waals surface area contributed by atoms with E-state index in [1.54, 1.807) is 0 Å². The highest BCUT2D eigenvalue weighted by Crippen LogP contribution is 2.69. The summed E-state index contributed by atoms with van der Waals surface area (Å²) in [7, 11) is 4.07. The molecule has 0 radical (unpaired) electrons. The minimum atomic E-state index is -0.537. The summed E-state index contributed by atoms with van der Waals surface area (Å²) in [6.45, 7) is 6.34. The molecule has 0 aliphatic heterocycles. The van der Waals surface area contributed by atoms with Gasteiger partial charge in [-0.15, -0.1) is 0 Å². The quantitative estimate of drug-likeness (QED) is 0.386. The fraction of sp³-hybridized carbons (Fsp3) is 0.960. The molecule has 4 aliphatic carbocycles. The molecule has 4 aliphatic rings. The lowest BCUT2D eigenvalue weighted by Crippen LogP contribution is -2.62. The lowest BCUT2D eigenvalue weighted by atomic mass is 9.43. The number of likely N-dealkylation sites (N-methyl/N-ethyl adjacent to an activating group) is 1. The van der Waals surface area contributed by atoms with Gasteiger partial charge in [0.15, 0.2) is 0 Å². The Hall–Kier alpha value is -0.650. The molecule has 172 valence electrons. The van der Waals surface area contributed by atoms with Crippen LogP contribution in [0.3, 0.4) is 0 Å². The van der Waals surface area contributed by atoms with Gasteiger partial charge in [-0.05, 0) is 113 Å². The van der Waals surface area contributed by atoms with Crippen LogP contribution >= 0.6 is 0 Å². The number of aliphatic hydroxyl groups excluding tert-OH is 1. The molecule has 0 heterocycles. The summed E-state index contributed by atoms with van der Waals surface area (Å²) < 4.78 is 0. The smallest absolute Gasteiger partial charge is 0.129 e. The highest BCUT2D eigenvalue weighted by Gasteiger charge is 2.66. The third kappa shape index (κ3) is 3.63. The van der Waals surface area contributed by atoms with Gasteiger partial charge in [-0.25, -0.2) is 0 Å². The Balaban J connectivity index is 1.43. The van der Waals surface area contributed by atoms with Gasteiger partial charge >= 0.3 is 0 Å². The molecule has 0 unspecified atom stereocenters. The van der Waals surface area contributed by atoms with E-state index in [0.29, 0.717) is 35.7 Å². The predicted octanol–water partition coefficient (Wildman–Crippen LogP) is 4.08. The van der Waals surface area contributed by atoms with Crippen molar-refractivity contribution in [3.63, 3.8) is 0 Å². The first kappa shape index (κ1) is 22.5. The highest BCUT2D eigenvalue weighted by molar-refractivity contribution is 5.57. The number of hydrogen-bond donors (Lipinski definition) is 2. The van der Waals surface area contributed by atoms with Crippen LogP contribution in [0.25, 0.3) is 0 Å². The lowest BCUT2D eigenvalue weighted by Gasteiger charge is -2.63. The normalized spacial score (nSPS) is 48.4. The van der Waals surface area contributed by atoms with Gasteiger partial charge in [-0.2, -0.15) is 0 Å². The van der Waals surface area contributed by atoms with Gasteiger partial charge in [0.1, 0.15) is 6.61 Å². The Labute approximate surface area is 183 Å². The molecule has 0 saturated heterocycles. The second kappa shape index (κ2) is 8.37. The Kier molecular flexibility index (Phi) is 6.29. The van der Waals surface area contributed by atoms with Gasteiger partial charge in [0.2, 0.25) is 0 Å². The SMILES string of the molecule is CN(C)CCON=CC[C@H]1CC[C@]2(O)[C@@H]3CC[C@@H]4C[C@@H](O)CC[C@]4(C)[C@H]3CC[C@]12C. The van der Waals surface area contributed by atoms with E-state index in [1.807, 2.05) is 20.3 Å². The van der Waals surface area contributed by atoms with Crippen molar-refractivity contribution < 1.29 is 15.1 Å². The average Bonchev–Trinajstić information content (AvgIpc) is 2.96. The van der Waals surface area contributed by atoms with E-state index >= 15 is 0 Å². The van der Waals surface area contributed by atoms with Gasteiger partial charge in [-0.1, -0.05) is 19.0 Å². The third-order valence-corrected chi connectivity index (χ3v) is 10.2. The van der Waals surface area contributed by atoms with E-state index in [-0.39, 0.29) is 11.5 Å². The minimum absolute atomic E-state index is 0.0127. The maximum Gasteiger partial charge on any atom is 0.129 e. The zero-order valence-corrected chi connectivity index (χ0v) is 19.6. The lowest BCUT2D eigenvalue weighted by molar-refractivity contribution is -0.209.